The topological polar surface area (TPSA) is 13.1 Å². The molecule has 9 aromatic carbocycles. The lowest BCUT2D eigenvalue weighted by Gasteiger charge is -2.19. The van der Waals surface area contributed by atoms with E-state index >= 15 is 0 Å². The number of furan rings is 1. The minimum absolute atomic E-state index is 0.0525. The Morgan fingerprint density at radius 3 is 1.57 bits per heavy atom. The van der Waals surface area contributed by atoms with E-state index in [1.807, 2.05) is 66.7 Å². The first-order chi connectivity index (χ1) is 29.8. The summed E-state index contributed by atoms with van der Waals surface area (Å²) < 4.78 is 123. The summed E-state index contributed by atoms with van der Waals surface area (Å²) in [5.41, 5.74) is 2.80. The maximum Gasteiger partial charge on any atom is 0.136 e. The van der Waals surface area contributed by atoms with Gasteiger partial charge in [-0.1, -0.05) is 158 Å². The minimum atomic E-state index is -0.577. The van der Waals surface area contributed by atoms with Crippen molar-refractivity contribution in [3.05, 3.63) is 182 Å². The van der Waals surface area contributed by atoms with Crippen LogP contribution in [0.15, 0.2) is 186 Å². The van der Waals surface area contributed by atoms with Crippen LogP contribution in [-0.2, 0) is 0 Å². The van der Waals surface area contributed by atoms with Crippen molar-refractivity contribution in [3.8, 4) is 44.5 Å². The molecular weight excluding hydrogens is 593 g/mol. The minimum Gasteiger partial charge on any atom is -0.456 e. The van der Waals surface area contributed by atoms with Gasteiger partial charge in [-0.2, -0.15) is 0 Å². The molecule has 0 aliphatic heterocycles. The first kappa shape index (κ1) is 17.6. The van der Waals surface area contributed by atoms with Gasteiger partial charge in [0, 0.05) is 10.8 Å². The molecule has 49 heavy (non-hydrogen) atoms. The normalized spacial score (nSPS) is 15.4. The van der Waals surface area contributed by atoms with Crippen LogP contribution in [0.1, 0.15) is 17.8 Å². The molecule has 10 rings (SSSR count). The molecule has 0 spiro atoms. The summed E-state index contributed by atoms with van der Waals surface area (Å²) in [6.07, 6.45) is 0. The monoisotopic (exact) mass is 635 g/mol. The molecule has 0 aliphatic carbocycles. The predicted octanol–water partition coefficient (Wildman–Crippen LogP) is 13.7. The van der Waals surface area contributed by atoms with Crippen LogP contribution in [0, 0.1) is 0 Å². The van der Waals surface area contributed by atoms with Crippen LogP contribution in [0.3, 0.4) is 0 Å². The summed E-state index contributed by atoms with van der Waals surface area (Å²) in [7, 11) is 0. The number of hydrogen-bond donors (Lipinski definition) is 0. The zero-order valence-corrected chi connectivity index (χ0v) is 25.7. The van der Waals surface area contributed by atoms with Crippen molar-refractivity contribution in [2.45, 2.75) is 0 Å². The Kier molecular flexibility index (Phi) is 3.99. The summed E-state index contributed by atoms with van der Waals surface area (Å²) in [5, 5.41) is 1.95. The average molecular weight is 636 g/mol. The van der Waals surface area contributed by atoms with Gasteiger partial charge in [-0.3, -0.25) is 0 Å². The molecule has 0 bridgehead atoms. The molecule has 228 valence electrons. The fraction of sp³-hybridized carbons (Fsp3) is 0. The van der Waals surface area contributed by atoms with Crippen LogP contribution in [-0.4, -0.2) is 0 Å². The van der Waals surface area contributed by atoms with Crippen molar-refractivity contribution in [2.75, 3.05) is 0 Å². The second kappa shape index (κ2) is 11.1. The molecule has 1 aromatic heterocycles. The first-order valence-corrected chi connectivity index (χ1v) is 15.8. The van der Waals surface area contributed by atoms with Crippen LogP contribution < -0.4 is 0 Å². The lowest BCUT2D eigenvalue weighted by atomic mass is 9.83. The van der Waals surface area contributed by atoms with E-state index in [1.165, 1.54) is 0 Å². The summed E-state index contributed by atoms with van der Waals surface area (Å²) in [6, 6.07) is 26.2. The molecular formula is C48H30O. The van der Waals surface area contributed by atoms with Crippen LogP contribution in [0.5, 0.6) is 0 Å². The van der Waals surface area contributed by atoms with Crippen molar-refractivity contribution in [2.24, 2.45) is 0 Å². The lowest BCUT2D eigenvalue weighted by molar-refractivity contribution is 0.669. The maximum atomic E-state index is 9.67. The summed E-state index contributed by atoms with van der Waals surface area (Å²) in [6.45, 7) is 0. The van der Waals surface area contributed by atoms with Crippen molar-refractivity contribution in [3.63, 3.8) is 0 Å². The highest BCUT2D eigenvalue weighted by molar-refractivity contribution is 6.23. The molecule has 0 saturated heterocycles. The largest absolute Gasteiger partial charge is 0.456 e. The Bertz CT molecular complexity index is 3530. The van der Waals surface area contributed by atoms with E-state index < -0.39 is 36.3 Å². The molecule has 0 saturated carbocycles. The maximum absolute atomic E-state index is 9.67. The second-order valence-corrected chi connectivity index (χ2v) is 11.8. The van der Waals surface area contributed by atoms with Crippen molar-refractivity contribution < 1.29 is 22.2 Å². The van der Waals surface area contributed by atoms with Crippen molar-refractivity contribution in [1.29, 1.82) is 0 Å². The molecule has 1 nitrogen and oxygen atoms in total. The molecule has 0 amide bonds. The molecule has 0 fully saturated rings. The Hall–Kier alpha value is -6.44. The van der Waals surface area contributed by atoms with Gasteiger partial charge in [0.25, 0.3) is 0 Å². The highest BCUT2D eigenvalue weighted by atomic mass is 16.3. The van der Waals surface area contributed by atoms with Gasteiger partial charge < -0.3 is 4.42 Å². The van der Waals surface area contributed by atoms with E-state index in [2.05, 4.69) is 0 Å². The summed E-state index contributed by atoms with van der Waals surface area (Å²) in [4.78, 5) is 0. The number of rotatable bonds is 4. The third-order valence-electron chi connectivity index (χ3n) is 8.97. The molecule has 0 aliphatic rings. The standard InChI is InChI=1S/C48H30O/c1-2-12-31(13-3-1)32-22-24-33(25-23-32)37-16-6-7-17-39(37)48-42-20-10-8-18-40(42)47(41-19-9-11-21-43(41)48)36-26-27-38-44-28-34-14-4-5-15-35(34)29-46(44)49-45(38)30-36/h1-30H/i4D,5D,14D,15D,22D,23D,24D,25D,26D,27D,28D,29D,30D. The van der Waals surface area contributed by atoms with Gasteiger partial charge in [-0.25, -0.2) is 0 Å². The predicted molar refractivity (Wildman–Crippen MR) is 208 cm³/mol. The fourth-order valence-corrected chi connectivity index (χ4v) is 6.78. The van der Waals surface area contributed by atoms with Gasteiger partial charge in [-0.05, 0) is 101 Å². The van der Waals surface area contributed by atoms with E-state index in [1.54, 1.807) is 36.4 Å². The second-order valence-electron chi connectivity index (χ2n) is 11.8. The lowest BCUT2D eigenvalue weighted by Crippen LogP contribution is -1.92. The first-order valence-electron chi connectivity index (χ1n) is 22.3. The van der Waals surface area contributed by atoms with E-state index in [9.17, 15) is 6.85 Å². The number of benzene rings is 9. The molecule has 1 heterocycles. The quantitative estimate of drug-likeness (QED) is 0.175. The Balaban J connectivity index is 1.29. The fourth-order valence-electron chi connectivity index (χ4n) is 6.78. The Morgan fingerprint density at radius 2 is 0.878 bits per heavy atom. The van der Waals surface area contributed by atoms with Gasteiger partial charge in [0.2, 0.25) is 0 Å². The third-order valence-corrected chi connectivity index (χ3v) is 8.97. The zero-order chi connectivity index (χ0) is 43.6. The van der Waals surface area contributed by atoms with Gasteiger partial charge in [-0.15, -0.1) is 0 Å². The Morgan fingerprint density at radius 1 is 0.347 bits per heavy atom. The van der Waals surface area contributed by atoms with Gasteiger partial charge in [0.15, 0.2) is 0 Å². The SMILES string of the molecule is [2H]c1c([2H])c(-c2ccccc2-c2c3ccccc3c(-c3c([2H])c([2H])c4c(oc5c([2H])c6c([2H])c([2H])c([2H])c([2H])c6c([2H])c54)c3[2H])c3ccccc23)c([2H])c([2H])c1-c1ccccc1. The molecule has 0 N–H and O–H groups in total. The van der Waals surface area contributed by atoms with E-state index in [0.717, 1.165) is 0 Å². The number of hydrogen-bond acceptors (Lipinski definition) is 1. The highest BCUT2D eigenvalue weighted by Gasteiger charge is 2.20. The van der Waals surface area contributed by atoms with E-state index in [-0.39, 0.29) is 91.7 Å². The summed E-state index contributed by atoms with van der Waals surface area (Å²) in [5.74, 6) is 0. The molecule has 1 heteroatoms. The van der Waals surface area contributed by atoms with E-state index in [4.69, 9.17) is 15.4 Å². The smallest absolute Gasteiger partial charge is 0.136 e. The average Bonchev–Trinajstić information content (AvgIpc) is 3.70. The van der Waals surface area contributed by atoms with Crippen molar-refractivity contribution >= 4 is 54.3 Å². The number of fused-ring (bicyclic) bond motifs is 6. The van der Waals surface area contributed by atoms with Crippen LogP contribution >= 0.6 is 0 Å². The zero-order valence-electron chi connectivity index (χ0n) is 38.7. The Labute approximate surface area is 302 Å². The van der Waals surface area contributed by atoms with E-state index in [0.29, 0.717) is 49.4 Å². The van der Waals surface area contributed by atoms with Gasteiger partial charge in [0.05, 0.1) is 17.8 Å². The van der Waals surface area contributed by atoms with Crippen LogP contribution in [0.25, 0.3) is 98.8 Å². The molecule has 10 aromatic rings. The van der Waals surface area contributed by atoms with Gasteiger partial charge >= 0.3 is 0 Å². The molecule has 0 atom stereocenters. The van der Waals surface area contributed by atoms with Crippen LogP contribution in [0.2, 0.25) is 0 Å². The van der Waals surface area contributed by atoms with Crippen molar-refractivity contribution in [1.82, 2.24) is 0 Å². The van der Waals surface area contributed by atoms with Gasteiger partial charge in [0.1, 0.15) is 11.2 Å². The molecule has 0 unspecified atom stereocenters. The highest BCUT2D eigenvalue weighted by Crippen LogP contribution is 2.47. The third kappa shape index (κ3) is 4.47. The molecule has 0 radical (unpaired) electrons. The van der Waals surface area contributed by atoms with Crippen LogP contribution in [0.4, 0.5) is 0 Å². The summed E-state index contributed by atoms with van der Waals surface area (Å²) >= 11 is 0.